The molecule has 0 spiro atoms. The van der Waals surface area contributed by atoms with Gasteiger partial charge in [-0.15, -0.1) is 0 Å². The molecular formula is C43H27N3O. The van der Waals surface area contributed by atoms with Gasteiger partial charge in [-0.2, -0.15) is 0 Å². The van der Waals surface area contributed by atoms with Crippen LogP contribution in [0.2, 0.25) is 0 Å². The Labute approximate surface area is 270 Å². The van der Waals surface area contributed by atoms with E-state index in [2.05, 4.69) is 149 Å². The summed E-state index contributed by atoms with van der Waals surface area (Å²) in [5, 5.41) is 4.87. The van der Waals surface area contributed by atoms with Crippen molar-refractivity contribution in [1.82, 2.24) is 14.1 Å². The van der Waals surface area contributed by atoms with Crippen LogP contribution in [0.3, 0.4) is 0 Å². The maximum atomic E-state index is 6.35. The number of nitrogens with zero attached hydrogens (tertiary/aromatic N) is 3. The Kier molecular flexibility index (Phi) is 5.54. The molecule has 4 heteroatoms. The first-order valence-electron chi connectivity index (χ1n) is 15.9. The van der Waals surface area contributed by atoms with Crippen molar-refractivity contribution in [3.8, 4) is 34.0 Å². The molecule has 3 aromatic heterocycles. The molecule has 0 radical (unpaired) electrons. The fourth-order valence-electron chi connectivity index (χ4n) is 7.27. The third-order valence-corrected chi connectivity index (χ3v) is 9.31. The molecule has 0 fully saturated rings. The van der Waals surface area contributed by atoms with Crippen molar-refractivity contribution in [1.29, 1.82) is 0 Å². The maximum Gasteiger partial charge on any atom is 0.227 e. The first-order valence-corrected chi connectivity index (χ1v) is 15.9. The molecular weight excluding hydrogens is 574 g/mol. The number of oxazole rings is 1. The van der Waals surface area contributed by atoms with Crippen LogP contribution in [0.1, 0.15) is 0 Å². The molecule has 0 aliphatic carbocycles. The van der Waals surface area contributed by atoms with Gasteiger partial charge in [0.25, 0.3) is 0 Å². The van der Waals surface area contributed by atoms with Crippen LogP contribution in [0.5, 0.6) is 0 Å². The van der Waals surface area contributed by atoms with Gasteiger partial charge in [-0.25, -0.2) is 4.98 Å². The van der Waals surface area contributed by atoms with Crippen LogP contribution in [0, 0.1) is 0 Å². The van der Waals surface area contributed by atoms with Crippen LogP contribution in [0.25, 0.3) is 88.7 Å². The molecule has 0 aliphatic heterocycles. The van der Waals surface area contributed by atoms with Gasteiger partial charge in [-0.3, -0.25) is 0 Å². The average molecular weight is 602 g/mol. The molecule has 7 aromatic carbocycles. The van der Waals surface area contributed by atoms with Gasteiger partial charge in [0.2, 0.25) is 5.89 Å². The molecule has 0 amide bonds. The summed E-state index contributed by atoms with van der Waals surface area (Å²) >= 11 is 0. The zero-order chi connectivity index (χ0) is 30.9. The van der Waals surface area contributed by atoms with E-state index in [0.717, 1.165) is 50.2 Å². The normalized spacial score (nSPS) is 11.8. The quantitative estimate of drug-likeness (QED) is 0.201. The summed E-state index contributed by atoms with van der Waals surface area (Å²) in [5.41, 5.74) is 11.6. The van der Waals surface area contributed by atoms with Gasteiger partial charge in [0.05, 0.1) is 22.1 Å². The van der Waals surface area contributed by atoms with E-state index in [9.17, 15) is 0 Å². The summed E-state index contributed by atoms with van der Waals surface area (Å²) in [6.07, 6.45) is 0. The van der Waals surface area contributed by atoms with Crippen molar-refractivity contribution in [2.45, 2.75) is 0 Å². The predicted molar refractivity (Wildman–Crippen MR) is 194 cm³/mol. The number of hydrogen-bond donors (Lipinski definition) is 0. The van der Waals surface area contributed by atoms with Crippen molar-refractivity contribution in [3.05, 3.63) is 164 Å². The third kappa shape index (κ3) is 3.92. The molecule has 10 aromatic rings. The van der Waals surface area contributed by atoms with Crippen molar-refractivity contribution < 1.29 is 4.42 Å². The van der Waals surface area contributed by atoms with E-state index in [-0.39, 0.29) is 0 Å². The Morgan fingerprint density at radius 2 is 0.957 bits per heavy atom. The fraction of sp³-hybridized carbons (Fsp3) is 0. The Balaban J connectivity index is 1.37. The molecule has 0 saturated heterocycles. The second kappa shape index (κ2) is 10.1. The van der Waals surface area contributed by atoms with Gasteiger partial charge in [0.15, 0.2) is 5.58 Å². The van der Waals surface area contributed by atoms with E-state index in [1.807, 2.05) is 24.3 Å². The molecule has 220 valence electrons. The fourth-order valence-corrected chi connectivity index (χ4v) is 7.27. The van der Waals surface area contributed by atoms with Crippen LogP contribution in [-0.4, -0.2) is 14.1 Å². The Hall–Kier alpha value is -6.39. The smallest absolute Gasteiger partial charge is 0.227 e. The van der Waals surface area contributed by atoms with E-state index < -0.39 is 0 Å². The zero-order valence-electron chi connectivity index (χ0n) is 25.3. The zero-order valence-corrected chi connectivity index (χ0v) is 25.3. The van der Waals surface area contributed by atoms with Crippen LogP contribution < -0.4 is 0 Å². The number of fused-ring (bicyclic) bond motifs is 8. The van der Waals surface area contributed by atoms with Gasteiger partial charge in [-0.05, 0) is 65.7 Å². The Morgan fingerprint density at radius 3 is 1.64 bits per heavy atom. The molecule has 3 heterocycles. The van der Waals surface area contributed by atoms with E-state index in [1.165, 1.54) is 32.6 Å². The molecule has 0 N–H and O–H groups in total. The summed E-state index contributed by atoms with van der Waals surface area (Å²) in [6, 6.07) is 57.9. The molecule has 0 aliphatic rings. The van der Waals surface area contributed by atoms with Crippen molar-refractivity contribution in [3.63, 3.8) is 0 Å². The predicted octanol–water partition coefficient (Wildman–Crippen LogP) is 11.4. The minimum absolute atomic E-state index is 0.606. The van der Waals surface area contributed by atoms with Gasteiger partial charge in [0, 0.05) is 38.5 Å². The van der Waals surface area contributed by atoms with Crippen LogP contribution in [0.15, 0.2) is 168 Å². The van der Waals surface area contributed by atoms with Gasteiger partial charge < -0.3 is 13.6 Å². The number of aromatic nitrogens is 3. The SMILES string of the molecule is c1ccc(-c2cc(-c3nc4ccccc4o3)cc(-n3c4ccccc4c4ccc5c6ccccc6n(-c6ccccc6)c5c43)c2)cc1. The monoisotopic (exact) mass is 601 g/mol. The highest BCUT2D eigenvalue weighted by atomic mass is 16.3. The highest BCUT2D eigenvalue weighted by Crippen LogP contribution is 2.42. The van der Waals surface area contributed by atoms with Gasteiger partial charge in [-0.1, -0.05) is 109 Å². The average Bonchev–Trinajstić information content (AvgIpc) is 3.83. The van der Waals surface area contributed by atoms with Crippen molar-refractivity contribution in [2.24, 2.45) is 0 Å². The summed E-state index contributed by atoms with van der Waals surface area (Å²) in [5.74, 6) is 0.606. The first kappa shape index (κ1) is 25.9. The number of para-hydroxylation sites is 5. The largest absolute Gasteiger partial charge is 0.436 e. The Bertz CT molecular complexity index is 2750. The minimum Gasteiger partial charge on any atom is -0.436 e. The van der Waals surface area contributed by atoms with Crippen LogP contribution >= 0.6 is 0 Å². The van der Waals surface area contributed by atoms with Crippen LogP contribution in [0.4, 0.5) is 0 Å². The molecule has 10 rings (SSSR count). The second-order valence-corrected chi connectivity index (χ2v) is 12.0. The standard InChI is InChI=1S/C43H27N3O/c1-3-13-28(14-4-1)29-25-30(43-44-37-19-9-12-22-40(37)47-43)27-32(26-29)46-39-21-11-8-18-34(39)36-24-23-35-33-17-7-10-20-38(33)45(41(35)42(36)46)31-15-5-2-6-16-31/h1-27H. The lowest BCUT2D eigenvalue weighted by Gasteiger charge is -2.15. The molecule has 4 nitrogen and oxygen atoms in total. The van der Waals surface area contributed by atoms with E-state index in [1.54, 1.807) is 0 Å². The number of hydrogen-bond acceptors (Lipinski definition) is 2. The van der Waals surface area contributed by atoms with Crippen molar-refractivity contribution >= 4 is 54.7 Å². The van der Waals surface area contributed by atoms with Gasteiger partial charge >= 0.3 is 0 Å². The first-order chi connectivity index (χ1) is 23.3. The number of rotatable bonds is 4. The maximum absolute atomic E-state index is 6.35. The summed E-state index contributed by atoms with van der Waals surface area (Å²) in [4.78, 5) is 4.92. The topological polar surface area (TPSA) is 35.9 Å². The molecule has 0 saturated carbocycles. The summed E-state index contributed by atoms with van der Waals surface area (Å²) < 4.78 is 11.2. The lowest BCUT2D eigenvalue weighted by molar-refractivity contribution is 0.620. The highest BCUT2D eigenvalue weighted by molar-refractivity contribution is 6.23. The second-order valence-electron chi connectivity index (χ2n) is 12.0. The van der Waals surface area contributed by atoms with E-state index in [4.69, 9.17) is 9.40 Å². The van der Waals surface area contributed by atoms with Crippen LogP contribution in [-0.2, 0) is 0 Å². The summed E-state index contributed by atoms with van der Waals surface area (Å²) in [7, 11) is 0. The lowest BCUT2D eigenvalue weighted by Crippen LogP contribution is -1.99. The molecule has 0 atom stereocenters. The Morgan fingerprint density at radius 1 is 0.404 bits per heavy atom. The van der Waals surface area contributed by atoms with Gasteiger partial charge in [0.1, 0.15) is 5.52 Å². The molecule has 0 bridgehead atoms. The van der Waals surface area contributed by atoms with E-state index >= 15 is 0 Å². The molecule has 47 heavy (non-hydrogen) atoms. The lowest BCUT2D eigenvalue weighted by atomic mass is 10.0. The third-order valence-electron chi connectivity index (χ3n) is 9.31. The summed E-state index contributed by atoms with van der Waals surface area (Å²) in [6.45, 7) is 0. The van der Waals surface area contributed by atoms with Crippen molar-refractivity contribution in [2.75, 3.05) is 0 Å². The van der Waals surface area contributed by atoms with E-state index in [0.29, 0.717) is 5.89 Å². The minimum atomic E-state index is 0.606. The number of benzene rings is 7. The highest BCUT2D eigenvalue weighted by Gasteiger charge is 2.22. The molecule has 0 unspecified atom stereocenters.